The Hall–Kier alpha value is -1.55. The molecule has 1 heterocycles. The van der Waals surface area contributed by atoms with Gasteiger partial charge >= 0.3 is 0 Å². The summed E-state index contributed by atoms with van der Waals surface area (Å²) in [5.41, 5.74) is 1.13. The van der Waals surface area contributed by atoms with E-state index in [-0.39, 0.29) is 18.6 Å². The summed E-state index contributed by atoms with van der Waals surface area (Å²) < 4.78 is 5.64. The Balaban J connectivity index is 1.93. The molecule has 1 N–H and O–H groups in total. The quantitative estimate of drug-likeness (QED) is 0.917. The number of rotatable bonds is 4. The van der Waals surface area contributed by atoms with E-state index in [9.17, 15) is 9.90 Å². The van der Waals surface area contributed by atoms with Crippen molar-refractivity contribution in [2.45, 2.75) is 45.3 Å². The van der Waals surface area contributed by atoms with Crippen LogP contribution in [0, 0.1) is 6.92 Å². The summed E-state index contributed by atoms with van der Waals surface area (Å²) in [5.74, 6) is 0.790. The highest BCUT2D eigenvalue weighted by molar-refractivity contribution is 5.73. The second-order valence-electron chi connectivity index (χ2n) is 5.47. The fourth-order valence-electron chi connectivity index (χ4n) is 2.75. The predicted octanol–water partition coefficient (Wildman–Crippen LogP) is 2.14. The van der Waals surface area contributed by atoms with Crippen LogP contribution in [-0.2, 0) is 4.79 Å². The van der Waals surface area contributed by atoms with Crippen LogP contribution < -0.4 is 4.74 Å². The molecule has 0 unspecified atom stereocenters. The van der Waals surface area contributed by atoms with Gasteiger partial charge in [-0.3, -0.25) is 4.79 Å². The van der Waals surface area contributed by atoms with E-state index in [0.717, 1.165) is 37.1 Å². The van der Waals surface area contributed by atoms with Gasteiger partial charge in [-0.1, -0.05) is 12.1 Å². The van der Waals surface area contributed by atoms with Gasteiger partial charge in [0.25, 0.3) is 0 Å². The first-order valence-electron chi connectivity index (χ1n) is 7.22. The molecule has 1 amide bonds. The lowest BCUT2D eigenvalue weighted by Crippen LogP contribution is -2.50. The highest BCUT2D eigenvalue weighted by Crippen LogP contribution is 2.21. The second-order valence-corrected chi connectivity index (χ2v) is 5.47. The van der Waals surface area contributed by atoms with Crippen LogP contribution in [0.4, 0.5) is 0 Å². The lowest BCUT2D eigenvalue weighted by atomic mass is 9.97. The Bertz CT molecular complexity index is 461. The van der Waals surface area contributed by atoms with Gasteiger partial charge in [0.15, 0.2) is 0 Å². The van der Waals surface area contributed by atoms with E-state index in [2.05, 4.69) is 0 Å². The third kappa shape index (κ3) is 3.73. The Morgan fingerprint density at radius 3 is 3.00 bits per heavy atom. The number of aliphatic hydroxyl groups is 1. The van der Waals surface area contributed by atoms with E-state index in [1.54, 1.807) is 11.8 Å². The highest BCUT2D eigenvalue weighted by atomic mass is 16.5. The van der Waals surface area contributed by atoms with Crippen molar-refractivity contribution < 1.29 is 14.6 Å². The molecule has 0 aliphatic carbocycles. The minimum Gasteiger partial charge on any atom is -0.491 e. The summed E-state index contributed by atoms with van der Waals surface area (Å²) in [6.45, 7) is 4.52. The third-order valence-electron chi connectivity index (χ3n) is 3.81. The Kier molecular flexibility index (Phi) is 5.01. The van der Waals surface area contributed by atoms with E-state index < -0.39 is 6.10 Å². The average molecular weight is 277 g/mol. The maximum absolute atomic E-state index is 11.6. The van der Waals surface area contributed by atoms with E-state index in [1.165, 1.54) is 0 Å². The zero-order chi connectivity index (χ0) is 14.5. The zero-order valence-corrected chi connectivity index (χ0v) is 12.2. The van der Waals surface area contributed by atoms with Crippen LogP contribution in [0.3, 0.4) is 0 Å². The minimum atomic E-state index is -0.639. The van der Waals surface area contributed by atoms with Crippen LogP contribution in [0.5, 0.6) is 5.75 Å². The van der Waals surface area contributed by atoms with Crippen molar-refractivity contribution in [2.75, 3.05) is 13.2 Å². The summed E-state index contributed by atoms with van der Waals surface area (Å²) in [5, 5.41) is 10.3. The van der Waals surface area contributed by atoms with Gasteiger partial charge in [0, 0.05) is 13.5 Å². The second kappa shape index (κ2) is 6.75. The smallest absolute Gasteiger partial charge is 0.219 e. The van der Waals surface area contributed by atoms with E-state index >= 15 is 0 Å². The molecule has 1 aliphatic rings. The van der Waals surface area contributed by atoms with E-state index in [0.29, 0.717) is 0 Å². The van der Waals surface area contributed by atoms with Crippen molar-refractivity contribution in [3.05, 3.63) is 29.8 Å². The fraction of sp³-hybridized carbons (Fsp3) is 0.562. The number of amides is 1. The zero-order valence-electron chi connectivity index (χ0n) is 12.2. The average Bonchev–Trinajstić information content (AvgIpc) is 2.45. The molecule has 1 fully saturated rings. The summed E-state index contributed by atoms with van der Waals surface area (Å²) in [7, 11) is 0. The summed E-state index contributed by atoms with van der Waals surface area (Å²) in [6.07, 6.45) is 2.27. The lowest BCUT2D eigenvalue weighted by Gasteiger charge is -2.37. The Morgan fingerprint density at radius 1 is 1.50 bits per heavy atom. The maximum Gasteiger partial charge on any atom is 0.219 e. The topological polar surface area (TPSA) is 49.8 Å². The van der Waals surface area contributed by atoms with Crippen LogP contribution in [-0.4, -0.2) is 41.2 Å². The largest absolute Gasteiger partial charge is 0.491 e. The lowest BCUT2D eigenvalue weighted by molar-refractivity contribution is -0.136. The summed E-state index contributed by atoms with van der Waals surface area (Å²) in [4.78, 5) is 13.4. The van der Waals surface area contributed by atoms with E-state index in [1.807, 2.05) is 31.2 Å². The van der Waals surface area contributed by atoms with Gasteiger partial charge < -0.3 is 14.7 Å². The monoisotopic (exact) mass is 277 g/mol. The molecule has 0 spiro atoms. The molecule has 2 rings (SSSR count). The number of aliphatic hydroxyl groups excluding tert-OH is 1. The molecular formula is C16H23NO3. The number of likely N-dealkylation sites (tertiary alicyclic amines) is 1. The molecule has 1 aliphatic heterocycles. The van der Waals surface area contributed by atoms with Crippen LogP contribution in [0.1, 0.15) is 31.7 Å². The van der Waals surface area contributed by atoms with Crippen molar-refractivity contribution in [1.29, 1.82) is 0 Å². The Labute approximate surface area is 120 Å². The van der Waals surface area contributed by atoms with Crippen LogP contribution >= 0.6 is 0 Å². The first-order valence-corrected chi connectivity index (χ1v) is 7.22. The molecule has 2 atom stereocenters. The van der Waals surface area contributed by atoms with Crippen LogP contribution in [0.25, 0.3) is 0 Å². The molecule has 0 aromatic heterocycles. The van der Waals surface area contributed by atoms with Gasteiger partial charge in [-0.15, -0.1) is 0 Å². The molecule has 110 valence electrons. The van der Waals surface area contributed by atoms with E-state index in [4.69, 9.17) is 4.74 Å². The van der Waals surface area contributed by atoms with Crippen molar-refractivity contribution in [3.8, 4) is 5.75 Å². The number of ether oxygens (including phenoxy) is 1. The fourth-order valence-corrected chi connectivity index (χ4v) is 2.75. The number of nitrogens with zero attached hydrogens (tertiary/aromatic N) is 1. The maximum atomic E-state index is 11.6. The summed E-state index contributed by atoms with van der Waals surface area (Å²) in [6, 6.07) is 7.63. The van der Waals surface area contributed by atoms with Gasteiger partial charge in [0.1, 0.15) is 18.5 Å². The van der Waals surface area contributed by atoms with Crippen LogP contribution in [0.15, 0.2) is 24.3 Å². The number of benzene rings is 1. The van der Waals surface area contributed by atoms with Gasteiger partial charge in [0.2, 0.25) is 5.91 Å². The molecule has 1 aromatic carbocycles. The van der Waals surface area contributed by atoms with Crippen molar-refractivity contribution in [3.63, 3.8) is 0 Å². The normalized spacial score (nSPS) is 20.6. The van der Waals surface area contributed by atoms with Crippen molar-refractivity contribution in [2.24, 2.45) is 0 Å². The number of hydrogen-bond donors (Lipinski definition) is 1. The van der Waals surface area contributed by atoms with Crippen molar-refractivity contribution in [1.82, 2.24) is 4.90 Å². The molecule has 4 heteroatoms. The van der Waals surface area contributed by atoms with Crippen LogP contribution in [0.2, 0.25) is 0 Å². The third-order valence-corrected chi connectivity index (χ3v) is 3.81. The van der Waals surface area contributed by atoms with Gasteiger partial charge in [-0.05, 0) is 43.9 Å². The molecule has 1 aromatic rings. The molecule has 4 nitrogen and oxygen atoms in total. The van der Waals surface area contributed by atoms with Gasteiger partial charge in [-0.25, -0.2) is 0 Å². The van der Waals surface area contributed by atoms with Crippen molar-refractivity contribution >= 4 is 5.91 Å². The standard InChI is InChI=1S/C16H23NO3/c1-12-6-5-7-14(10-12)20-11-16(19)15-8-3-4-9-17(15)13(2)18/h5-7,10,15-16,19H,3-4,8-9,11H2,1-2H3/t15-,16+/m0/s1. The number of carbonyl (C=O) groups excluding carboxylic acids is 1. The number of hydrogen-bond acceptors (Lipinski definition) is 3. The molecule has 0 radical (unpaired) electrons. The molecular weight excluding hydrogens is 254 g/mol. The Morgan fingerprint density at radius 2 is 2.30 bits per heavy atom. The molecule has 0 bridgehead atoms. The van der Waals surface area contributed by atoms with Gasteiger partial charge in [-0.2, -0.15) is 0 Å². The molecule has 0 saturated carbocycles. The molecule has 20 heavy (non-hydrogen) atoms. The molecule has 1 saturated heterocycles. The van der Waals surface area contributed by atoms with Gasteiger partial charge in [0.05, 0.1) is 6.04 Å². The number of carbonyl (C=O) groups is 1. The number of aryl methyl sites for hydroxylation is 1. The summed E-state index contributed by atoms with van der Waals surface area (Å²) >= 11 is 0. The first-order chi connectivity index (χ1) is 9.58. The SMILES string of the molecule is CC(=O)N1CCCC[C@H]1[C@H](O)COc1cccc(C)c1. The highest BCUT2D eigenvalue weighted by Gasteiger charge is 2.30. The predicted molar refractivity (Wildman–Crippen MR) is 77.7 cm³/mol. The minimum absolute atomic E-state index is 0.0318. The first kappa shape index (κ1) is 14.9. The number of piperidine rings is 1.